The predicted molar refractivity (Wildman–Crippen MR) is 211 cm³/mol. The maximum Gasteiger partial charge on any atom is 0.0636 e. The van der Waals surface area contributed by atoms with Gasteiger partial charge in [-0.1, -0.05) is 102 Å². The summed E-state index contributed by atoms with van der Waals surface area (Å²) in [5.74, 6) is 0. The predicted octanol–water partition coefficient (Wildman–Crippen LogP) is 15.7. The van der Waals surface area contributed by atoms with Crippen molar-refractivity contribution in [1.82, 2.24) is 0 Å². The van der Waals surface area contributed by atoms with E-state index in [1.165, 1.54) is 159 Å². The van der Waals surface area contributed by atoms with E-state index in [9.17, 15) is 0 Å². The van der Waals surface area contributed by atoms with Gasteiger partial charge >= 0.3 is 0 Å². The van der Waals surface area contributed by atoms with Crippen molar-refractivity contribution < 1.29 is 0 Å². The van der Waals surface area contributed by atoms with Gasteiger partial charge in [0.05, 0.1) is 9.40 Å². The SMILES string of the molecule is CCCCCCCCc1ccc2sc(-c3cc4sc5cc(-c6cc7cc(CCCCCCCC)ccc7s6)sc5c4s3)cc2c1. The molecule has 0 saturated heterocycles. The minimum absolute atomic E-state index is 1.21. The lowest BCUT2D eigenvalue weighted by Gasteiger charge is -2.02. The van der Waals surface area contributed by atoms with Crippen molar-refractivity contribution in [2.45, 2.75) is 104 Å². The molecule has 7 aromatic rings. The van der Waals surface area contributed by atoms with Crippen molar-refractivity contribution in [3.63, 3.8) is 0 Å². The molecule has 5 heterocycles. The molecule has 0 aliphatic heterocycles. The molecule has 0 N–H and O–H groups in total. The molecule has 5 heteroatoms. The Morgan fingerprint density at radius 1 is 0.378 bits per heavy atom. The summed E-state index contributed by atoms with van der Waals surface area (Å²) in [4.78, 5) is 5.68. The van der Waals surface area contributed by atoms with Crippen LogP contribution in [0.1, 0.15) is 102 Å². The summed E-state index contributed by atoms with van der Waals surface area (Å²) in [6, 6.07) is 24.1. The Morgan fingerprint density at radius 2 is 0.800 bits per heavy atom. The van der Waals surface area contributed by atoms with Gasteiger partial charge in [-0.25, -0.2) is 0 Å². The lowest BCUT2D eigenvalue weighted by atomic mass is 10.0. The Kier molecular flexibility index (Phi) is 10.4. The molecule has 234 valence electrons. The first-order valence-electron chi connectivity index (χ1n) is 17.2. The van der Waals surface area contributed by atoms with Crippen molar-refractivity contribution >= 4 is 95.7 Å². The third-order valence-electron chi connectivity index (χ3n) is 9.11. The van der Waals surface area contributed by atoms with Gasteiger partial charge in [-0.15, -0.1) is 56.7 Å². The van der Waals surface area contributed by atoms with Crippen LogP contribution in [0.2, 0.25) is 0 Å². The quantitative estimate of drug-likeness (QED) is 0.0889. The molecule has 45 heavy (non-hydrogen) atoms. The standard InChI is InChI=1S/C40H44S5/c1-3-5-7-9-11-13-15-27-17-19-31-29(21-27)23-33(41-31)35-25-37-39(44-35)40-38(43-37)26-36(45-40)34-24-30-22-28(18-20-32(30)42-34)16-14-12-10-8-6-4-2/h17-26H,3-16H2,1-2H3. The smallest absolute Gasteiger partial charge is 0.0636 e. The fourth-order valence-electron chi connectivity index (χ4n) is 6.54. The third-order valence-corrected chi connectivity index (χ3v) is 15.5. The fourth-order valence-corrected chi connectivity index (χ4v) is 12.8. The van der Waals surface area contributed by atoms with Gasteiger partial charge in [-0.05, 0) is 84.0 Å². The Hall–Kier alpha value is -2.02. The van der Waals surface area contributed by atoms with Crippen molar-refractivity contribution in [1.29, 1.82) is 0 Å². The molecule has 0 radical (unpaired) electrons. The van der Waals surface area contributed by atoms with Crippen molar-refractivity contribution in [3.05, 3.63) is 71.8 Å². The average molecular weight is 685 g/mol. The highest BCUT2D eigenvalue weighted by Gasteiger charge is 2.17. The topological polar surface area (TPSA) is 0 Å². The van der Waals surface area contributed by atoms with Gasteiger partial charge < -0.3 is 0 Å². The second kappa shape index (κ2) is 14.8. The molecular weight excluding hydrogens is 641 g/mol. The van der Waals surface area contributed by atoms with Gasteiger partial charge in [-0.2, -0.15) is 0 Å². The van der Waals surface area contributed by atoms with Crippen LogP contribution in [-0.4, -0.2) is 0 Å². The zero-order chi connectivity index (χ0) is 30.6. The summed E-state index contributed by atoms with van der Waals surface area (Å²) in [6.07, 6.45) is 18.7. The summed E-state index contributed by atoms with van der Waals surface area (Å²) in [5.41, 5.74) is 3.00. The maximum atomic E-state index is 2.45. The van der Waals surface area contributed by atoms with Gasteiger partial charge in [0, 0.05) is 38.3 Å². The largest absolute Gasteiger partial charge is 0.134 e. The van der Waals surface area contributed by atoms with Crippen LogP contribution in [0, 0.1) is 0 Å². The lowest BCUT2D eigenvalue weighted by Crippen LogP contribution is -1.85. The van der Waals surface area contributed by atoms with Crippen molar-refractivity contribution in [2.24, 2.45) is 0 Å². The van der Waals surface area contributed by atoms with Gasteiger partial charge in [0.2, 0.25) is 0 Å². The highest BCUT2D eigenvalue weighted by atomic mass is 32.1. The Morgan fingerprint density at radius 3 is 1.27 bits per heavy atom. The Bertz CT molecular complexity index is 1860. The molecule has 0 fully saturated rings. The van der Waals surface area contributed by atoms with Crippen LogP contribution in [0.15, 0.2) is 60.7 Å². The first-order valence-corrected chi connectivity index (χ1v) is 21.3. The second-order valence-corrected chi connectivity index (χ2v) is 18.1. The zero-order valence-electron chi connectivity index (χ0n) is 26.7. The highest BCUT2D eigenvalue weighted by Crippen LogP contribution is 2.50. The van der Waals surface area contributed by atoms with E-state index in [-0.39, 0.29) is 0 Å². The number of hydrogen-bond acceptors (Lipinski definition) is 5. The van der Waals surface area contributed by atoms with E-state index >= 15 is 0 Å². The fraction of sp³-hybridized carbons (Fsp3) is 0.400. The highest BCUT2D eigenvalue weighted by molar-refractivity contribution is 7.41. The molecule has 0 nitrogen and oxygen atoms in total. The van der Waals surface area contributed by atoms with Crippen LogP contribution in [0.4, 0.5) is 0 Å². The molecule has 0 unspecified atom stereocenters. The maximum absolute atomic E-state index is 2.45. The van der Waals surface area contributed by atoms with Gasteiger partial charge in [-0.3, -0.25) is 0 Å². The second-order valence-electron chi connectivity index (χ2n) is 12.7. The van der Waals surface area contributed by atoms with E-state index < -0.39 is 0 Å². The molecule has 0 atom stereocenters. The van der Waals surface area contributed by atoms with E-state index in [1.807, 2.05) is 56.7 Å². The van der Waals surface area contributed by atoms with Gasteiger partial charge in [0.15, 0.2) is 0 Å². The van der Waals surface area contributed by atoms with Gasteiger partial charge in [0.25, 0.3) is 0 Å². The summed E-state index contributed by atoms with van der Waals surface area (Å²) in [6.45, 7) is 4.59. The molecule has 0 saturated carbocycles. The molecule has 0 aliphatic rings. The average Bonchev–Trinajstić information content (AvgIpc) is 3.86. The third kappa shape index (κ3) is 7.28. The Balaban J connectivity index is 1.05. The molecule has 5 aromatic heterocycles. The van der Waals surface area contributed by atoms with Crippen LogP contribution in [0.3, 0.4) is 0 Å². The van der Waals surface area contributed by atoms with E-state index in [0.717, 1.165) is 0 Å². The molecular formula is C40H44S5. The van der Waals surface area contributed by atoms with Gasteiger partial charge in [0.1, 0.15) is 0 Å². The molecule has 7 rings (SSSR count). The summed E-state index contributed by atoms with van der Waals surface area (Å²) < 4.78 is 8.67. The molecule has 0 spiro atoms. The number of hydrogen-bond donors (Lipinski definition) is 0. The zero-order valence-corrected chi connectivity index (χ0v) is 30.8. The van der Waals surface area contributed by atoms with E-state index in [2.05, 4.69) is 74.5 Å². The van der Waals surface area contributed by atoms with Crippen LogP contribution >= 0.6 is 56.7 Å². The lowest BCUT2D eigenvalue weighted by molar-refractivity contribution is 0.607. The molecule has 0 amide bonds. The summed E-state index contributed by atoms with van der Waals surface area (Å²) in [5, 5.41) is 2.83. The number of unbranched alkanes of at least 4 members (excludes halogenated alkanes) is 10. The van der Waals surface area contributed by atoms with Crippen molar-refractivity contribution in [2.75, 3.05) is 0 Å². The molecule has 0 bridgehead atoms. The number of rotatable bonds is 16. The van der Waals surface area contributed by atoms with Crippen molar-refractivity contribution in [3.8, 4) is 19.5 Å². The minimum Gasteiger partial charge on any atom is -0.134 e. The van der Waals surface area contributed by atoms with E-state index in [4.69, 9.17) is 0 Å². The normalized spacial score (nSPS) is 12.1. The number of benzene rings is 2. The monoisotopic (exact) mass is 684 g/mol. The van der Waals surface area contributed by atoms with Crippen LogP contribution in [-0.2, 0) is 12.8 Å². The number of aryl methyl sites for hydroxylation is 2. The molecule has 0 aliphatic carbocycles. The minimum atomic E-state index is 1.21. The number of thiophene rings is 5. The van der Waals surface area contributed by atoms with Crippen LogP contribution in [0.5, 0.6) is 0 Å². The van der Waals surface area contributed by atoms with Crippen LogP contribution < -0.4 is 0 Å². The van der Waals surface area contributed by atoms with E-state index in [0.29, 0.717) is 0 Å². The summed E-state index contributed by atoms with van der Waals surface area (Å²) >= 11 is 9.87. The first-order chi connectivity index (χ1) is 22.2. The molecule has 2 aromatic carbocycles. The first kappa shape index (κ1) is 31.6. The number of fused-ring (bicyclic) bond motifs is 5. The van der Waals surface area contributed by atoms with Crippen LogP contribution in [0.25, 0.3) is 58.5 Å². The summed E-state index contributed by atoms with van der Waals surface area (Å²) in [7, 11) is 0. The van der Waals surface area contributed by atoms with E-state index in [1.54, 1.807) is 0 Å². The Labute approximate surface area is 288 Å².